The zero-order chi connectivity index (χ0) is 12.8. The van der Waals surface area contributed by atoms with Crippen LogP contribution in [0.3, 0.4) is 0 Å². The molecule has 0 spiro atoms. The molecule has 0 bridgehead atoms. The van der Waals surface area contributed by atoms with Crippen LogP contribution in [0.2, 0.25) is 0 Å². The molecule has 0 saturated heterocycles. The van der Waals surface area contributed by atoms with Gasteiger partial charge >= 0.3 is 0 Å². The molecule has 0 aromatic carbocycles. The molecule has 0 atom stereocenters. The summed E-state index contributed by atoms with van der Waals surface area (Å²) in [6.45, 7) is 5.93. The highest BCUT2D eigenvalue weighted by Gasteiger charge is 2.06. The van der Waals surface area contributed by atoms with Crippen LogP contribution >= 0.6 is 0 Å². The summed E-state index contributed by atoms with van der Waals surface area (Å²) in [7, 11) is 0. The van der Waals surface area contributed by atoms with Gasteiger partial charge in [-0.05, 0) is 32.2 Å². The van der Waals surface area contributed by atoms with Crippen molar-refractivity contribution in [3.8, 4) is 0 Å². The summed E-state index contributed by atoms with van der Waals surface area (Å²) in [5.74, 6) is 0. The minimum atomic E-state index is 0.331. The summed E-state index contributed by atoms with van der Waals surface area (Å²) in [5.41, 5.74) is 0. The lowest BCUT2D eigenvalue weighted by Crippen LogP contribution is -2.30. The second kappa shape index (κ2) is 14.0. The average molecular weight is 243 g/mol. The van der Waals surface area contributed by atoms with Gasteiger partial charge in [0.2, 0.25) is 0 Å². The van der Waals surface area contributed by atoms with E-state index in [-0.39, 0.29) is 0 Å². The molecule has 0 aliphatic heterocycles. The summed E-state index contributed by atoms with van der Waals surface area (Å²) in [6.07, 6.45) is 12.8. The van der Waals surface area contributed by atoms with E-state index in [1.165, 1.54) is 51.4 Å². The van der Waals surface area contributed by atoms with Crippen molar-refractivity contribution in [3.63, 3.8) is 0 Å². The first-order valence-electron chi connectivity index (χ1n) is 7.69. The summed E-state index contributed by atoms with van der Waals surface area (Å²) in [4.78, 5) is 0. The Balaban J connectivity index is 3.60. The number of hydrogen-bond donors (Lipinski definition) is 2. The number of unbranched alkanes of at least 4 members (excludes halogenated alkanes) is 5. The van der Waals surface area contributed by atoms with Gasteiger partial charge in [-0.2, -0.15) is 0 Å². The molecule has 0 rings (SSSR count). The maximum Gasteiger partial charge on any atom is 0.0431 e. The van der Waals surface area contributed by atoms with Gasteiger partial charge in [-0.15, -0.1) is 0 Å². The summed E-state index contributed by atoms with van der Waals surface area (Å²) in [6, 6.07) is 0.715. The first-order valence-corrected chi connectivity index (χ1v) is 7.69. The molecule has 17 heavy (non-hydrogen) atoms. The molecule has 0 aromatic rings. The van der Waals surface area contributed by atoms with Crippen molar-refractivity contribution < 1.29 is 5.11 Å². The lowest BCUT2D eigenvalue weighted by atomic mass is 10.0. The van der Waals surface area contributed by atoms with Crippen LogP contribution in [0.15, 0.2) is 0 Å². The highest BCUT2D eigenvalue weighted by atomic mass is 16.2. The molecule has 2 N–H and O–H groups in total. The van der Waals surface area contributed by atoms with Gasteiger partial charge in [0.05, 0.1) is 0 Å². The van der Waals surface area contributed by atoms with Gasteiger partial charge in [0.15, 0.2) is 0 Å². The van der Waals surface area contributed by atoms with Gasteiger partial charge in [-0.25, -0.2) is 0 Å². The SMILES string of the molecule is CCCCCC(CCCCC)NCCCCO. The summed E-state index contributed by atoms with van der Waals surface area (Å²) < 4.78 is 0. The van der Waals surface area contributed by atoms with Gasteiger partial charge in [-0.3, -0.25) is 0 Å². The Morgan fingerprint density at radius 1 is 0.824 bits per heavy atom. The molecule has 0 aliphatic carbocycles. The molecular formula is C15H33NO. The Labute approximate surface area is 108 Å². The minimum absolute atomic E-state index is 0.331. The van der Waals surface area contributed by atoms with Crippen LogP contribution in [-0.4, -0.2) is 24.3 Å². The highest BCUT2D eigenvalue weighted by Crippen LogP contribution is 2.11. The van der Waals surface area contributed by atoms with Crippen LogP contribution in [0.4, 0.5) is 0 Å². The highest BCUT2D eigenvalue weighted by molar-refractivity contribution is 4.67. The van der Waals surface area contributed by atoms with E-state index in [0.29, 0.717) is 12.6 Å². The van der Waals surface area contributed by atoms with E-state index >= 15 is 0 Å². The predicted molar refractivity (Wildman–Crippen MR) is 76.4 cm³/mol. The Bertz CT molecular complexity index is 129. The van der Waals surface area contributed by atoms with Gasteiger partial charge in [0, 0.05) is 12.6 Å². The molecule has 0 unspecified atom stereocenters. The summed E-state index contributed by atoms with van der Waals surface area (Å²) in [5, 5.41) is 12.4. The number of hydrogen-bond acceptors (Lipinski definition) is 2. The maximum absolute atomic E-state index is 8.75. The molecule has 2 heteroatoms. The third kappa shape index (κ3) is 12.2. The third-order valence-corrected chi connectivity index (χ3v) is 3.33. The number of rotatable bonds is 13. The van der Waals surface area contributed by atoms with Crippen LogP contribution in [0.1, 0.15) is 78.1 Å². The van der Waals surface area contributed by atoms with E-state index < -0.39 is 0 Å². The number of aliphatic hydroxyl groups is 1. The van der Waals surface area contributed by atoms with Crippen LogP contribution in [0, 0.1) is 0 Å². The van der Waals surface area contributed by atoms with Crippen molar-refractivity contribution in [2.24, 2.45) is 0 Å². The largest absolute Gasteiger partial charge is 0.396 e. The molecule has 0 amide bonds. The first-order chi connectivity index (χ1) is 8.35. The fourth-order valence-electron chi connectivity index (χ4n) is 2.17. The summed E-state index contributed by atoms with van der Waals surface area (Å²) >= 11 is 0. The van der Waals surface area contributed by atoms with Crippen LogP contribution in [0.25, 0.3) is 0 Å². The second-order valence-electron chi connectivity index (χ2n) is 5.07. The Hall–Kier alpha value is -0.0800. The Kier molecular flexibility index (Phi) is 13.9. The molecular weight excluding hydrogens is 210 g/mol. The average Bonchev–Trinajstić information content (AvgIpc) is 2.34. The molecule has 0 fully saturated rings. The number of nitrogens with one attached hydrogen (secondary N) is 1. The molecule has 0 aromatic heterocycles. The molecule has 2 nitrogen and oxygen atoms in total. The van der Waals surface area contributed by atoms with Crippen LogP contribution in [0.5, 0.6) is 0 Å². The van der Waals surface area contributed by atoms with E-state index in [1.54, 1.807) is 0 Å². The van der Waals surface area contributed by atoms with E-state index in [9.17, 15) is 0 Å². The normalized spacial score (nSPS) is 11.3. The second-order valence-corrected chi connectivity index (χ2v) is 5.07. The van der Waals surface area contributed by atoms with Gasteiger partial charge in [-0.1, -0.05) is 52.4 Å². The smallest absolute Gasteiger partial charge is 0.0431 e. The maximum atomic E-state index is 8.75. The van der Waals surface area contributed by atoms with Crippen molar-refractivity contribution in [3.05, 3.63) is 0 Å². The van der Waals surface area contributed by atoms with Crippen LogP contribution in [-0.2, 0) is 0 Å². The van der Waals surface area contributed by atoms with Gasteiger partial charge < -0.3 is 10.4 Å². The van der Waals surface area contributed by atoms with E-state index in [2.05, 4.69) is 19.2 Å². The van der Waals surface area contributed by atoms with Crippen molar-refractivity contribution >= 4 is 0 Å². The quantitative estimate of drug-likeness (QED) is 0.481. The predicted octanol–water partition coefficient (Wildman–Crippen LogP) is 3.88. The fraction of sp³-hybridized carbons (Fsp3) is 1.00. The molecule has 0 aliphatic rings. The minimum Gasteiger partial charge on any atom is -0.396 e. The molecule has 104 valence electrons. The first kappa shape index (κ1) is 16.9. The van der Waals surface area contributed by atoms with Crippen molar-refractivity contribution in [1.82, 2.24) is 5.32 Å². The van der Waals surface area contributed by atoms with Gasteiger partial charge in [0.25, 0.3) is 0 Å². The topological polar surface area (TPSA) is 32.3 Å². The fourth-order valence-corrected chi connectivity index (χ4v) is 2.17. The molecule has 0 heterocycles. The standard InChI is InChI=1S/C15H33NO/c1-3-5-7-11-15(12-8-6-4-2)16-13-9-10-14-17/h15-17H,3-14H2,1-2H3. The molecule has 0 radical (unpaired) electrons. The zero-order valence-electron chi connectivity index (χ0n) is 12.0. The van der Waals surface area contributed by atoms with E-state index in [4.69, 9.17) is 5.11 Å². The van der Waals surface area contributed by atoms with Crippen molar-refractivity contribution in [2.45, 2.75) is 84.1 Å². The lowest BCUT2D eigenvalue weighted by Gasteiger charge is -2.18. The Morgan fingerprint density at radius 3 is 1.88 bits per heavy atom. The Morgan fingerprint density at radius 2 is 1.41 bits per heavy atom. The lowest BCUT2D eigenvalue weighted by molar-refractivity contribution is 0.281. The van der Waals surface area contributed by atoms with E-state index in [0.717, 1.165) is 19.4 Å². The van der Waals surface area contributed by atoms with Gasteiger partial charge in [0.1, 0.15) is 0 Å². The monoisotopic (exact) mass is 243 g/mol. The zero-order valence-corrected chi connectivity index (χ0v) is 12.0. The third-order valence-electron chi connectivity index (χ3n) is 3.33. The van der Waals surface area contributed by atoms with Crippen molar-refractivity contribution in [1.29, 1.82) is 0 Å². The number of aliphatic hydroxyl groups excluding tert-OH is 1. The molecule has 0 saturated carbocycles. The van der Waals surface area contributed by atoms with Crippen molar-refractivity contribution in [2.75, 3.05) is 13.2 Å². The van der Waals surface area contributed by atoms with E-state index in [1.807, 2.05) is 0 Å². The van der Waals surface area contributed by atoms with Crippen LogP contribution < -0.4 is 5.32 Å².